The number of allylic oxidation sites excluding steroid dienone is 6. The highest BCUT2D eigenvalue weighted by Gasteiger charge is 2.19. The molecule has 0 aliphatic heterocycles. The van der Waals surface area contributed by atoms with Gasteiger partial charge in [-0.1, -0.05) is 192 Å². The molecule has 0 aliphatic rings. The van der Waals surface area contributed by atoms with Crippen LogP contribution in [-0.2, 0) is 28.6 Å². The lowest BCUT2D eigenvalue weighted by Crippen LogP contribution is -2.30. The minimum absolute atomic E-state index is 0.0727. The number of carbonyl (C=O) groups excluding carboxylic acids is 3. The largest absolute Gasteiger partial charge is 0.462 e. The minimum atomic E-state index is -0.767. The third-order valence-corrected chi connectivity index (χ3v) is 9.66. The summed E-state index contributed by atoms with van der Waals surface area (Å²) in [5.41, 5.74) is 0. The van der Waals surface area contributed by atoms with Gasteiger partial charge in [-0.2, -0.15) is 0 Å². The van der Waals surface area contributed by atoms with Gasteiger partial charge in [0.15, 0.2) is 6.10 Å². The van der Waals surface area contributed by atoms with Crippen LogP contribution >= 0.6 is 0 Å². The average Bonchev–Trinajstić information content (AvgIpc) is 3.15. The Morgan fingerprint density at radius 3 is 1.15 bits per heavy atom. The molecule has 0 radical (unpaired) electrons. The maximum Gasteiger partial charge on any atom is 0.306 e. The molecule has 0 heterocycles. The molecule has 6 heteroatoms. The van der Waals surface area contributed by atoms with Crippen LogP contribution in [0.25, 0.3) is 0 Å². The van der Waals surface area contributed by atoms with Crippen molar-refractivity contribution in [3.05, 3.63) is 36.5 Å². The number of unbranched alkanes of at least 4 members (excludes halogenated alkanes) is 23. The summed E-state index contributed by atoms with van der Waals surface area (Å²) in [5.74, 6) is -0.887. The lowest BCUT2D eigenvalue weighted by molar-refractivity contribution is -0.167. The van der Waals surface area contributed by atoms with Crippen LogP contribution in [-0.4, -0.2) is 37.2 Å². The van der Waals surface area contributed by atoms with Crippen LogP contribution in [0, 0.1) is 0 Å². The van der Waals surface area contributed by atoms with Crippen molar-refractivity contribution in [2.24, 2.45) is 0 Å². The SMILES string of the molecule is CC/C=C\C/C=C\C/C=C\CCCCCCCCCC(=O)OCC(COC(=O)CCCCCCCCCC)OC(=O)CCCCCCCCCCCC. The van der Waals surface area contributed by atoms with Gasteiger partial charge in [0.1, 0.15) is 13.2 Å². The summed E-state index contributed by atoms with van der Waals surface area (Å²) in [6.45, 7) is 6.47. The van der Waals surface area contributed by atoms with Gasteiger partial charge in [0, 0.05) is 19.3 Å². The first kappa shape index (κ1) is 50.6. The Morgan fingerprint density at radius 1 is 0.396 bits per heavy atom. The fourth-order valence-electron chi connectivity index (χ4n) is 6.28. The van der Waals surface area contributed by atoms with Crippen LogP contribution in [0.2, 0.25) is 0 Å². The number of hydrogen-bond donors (Lipinski definition) is 0. The molecule has 0 aliphatic carbocycles. The molecule has 0 N–H and O–H groups in total. The van der Waals surface area contributed by atoms with E-state index in [9.17, 15) is 14.4 Å². The third kappa shape index (κ3) is 40.6. The van der Waals surface area contributed by atoms with Gasteiger partial charge < -0.3 is 14.2 Å². The van der Waals surface area contributed by atoms with E-state index in [1.165, 1.54) is 103 Å². The Morgan fingerprint density at radius 2 is 0.736 bits per heavy atom. The van der Waals surface area contributed by atoms with E-state index in [1.807, 2.05) is 0 Å². The van der Waals surface area contributed by atoms with E-state index in [0.717, 1.165) is 83.5 Å². The first-order chi connectivity index (χ1) is 26.0. The van der Waals surface area contributed by atoms with E-state index < -0.39 is 6.10 Å². The second kappa shape index (κ2) is 42.4. The van der Waals surface area contributed by atoms with Gasteiger partial charge in [-0.15, -0.1) is 0 Å². The number of rotatable bonds is 40. The molecule has 0 saturated carbocycles. The summed E-state index contributed by atoms with van der Waals surface area (Å²) >= 11 is 0. The van der Waals surface area contributed by atoms with Crippen molar-refractivity contribution in [3.63, 3.8) is 0 Å². The minimum Gasteiger partial charge on any atom is -0.462 e. The molecular formula is C47H84O6. The quantitative estimate of drug-likeness (QED) is 0.0269. The topological polar surface area (TPSA) is 78.9 Å². The normalized spacial score (nSPS) is 12.3. The summed E-state index contributed by atoms with van der Waals surface area (Å²) < 4.78 is 16.6. The molecule has 0 saturated heterocycles. The Hall–Kier alpha value is -2.37. The summed E-state index contributed by atoms with van der Waals surface area (Å²) in [7, 11) is 0. The first-order valence-corrected chi connectivity index (χ1v) is 22.5. The second-order valence-corrected chi connectivity index (χ2v) is 14.9. The highest BCUT2D eigenvalue weighted by Crippen LogP contribution is 2.14. The fraction of sp³-hybridized carbons (Fsp3) is 0.809. The predicted octanol–water partition coefficient (Wildman–Crippen LogP) is 14.2. The van der Waals surface area contributed by atoms with Crippen LogP contribution in [0.15, 0.2) is 36.5 Å². The van der Waals surface area contributed by atoms with Crippen molar-refractivity contribution in [1.29, 1.82) is 0 Å². The Labute approximate surface area is 327 Å². The summed E-state index contributed by atoms with van der Waals surface area (Å²) in [6.07, 6.45) is 47.0. The standard InChI is InChI=1S/C47H84O6/c1-4-7-10-13-16-19-21-22-23-24-25-26-27-29-31-34-37-40-46(49)52-43-44(42-51-45(48)39-36-33-30-18-15-12-9-6-3)53-47(50)41-38-35-32-28-20-17-14-11-8-5-2/h7,10,16,19,22-23,44H,4-6,8-9,11-15,17-18,20-21,24-43H2,1-3H3/b10-7-,19-16-,23-22-. The molecular weight excluding hydrogens is 661 g/mol. The van der Waals surface area contributed by atoms with Crippen molar-refractivity contribution in [1.82, 2.24) is 0 Å². The van der Waals surface area contributed by atoms with Gasteiger partial charge in [-0.05, 0) is 51.4 Å². The zero-order valence-electron chi connectivity index (χ0n) is 35.0. The van der Waals surface area contributed by atoms with Gasteiger partial charge >= 0.3 is 17.9 Å². The van der Waals surface area contributed by atoms with E-state index in [1.54, 1.807) is 0 Å². The second-order valence-electron chi connectivity index (χ2n) is 14.9. The molecule has 0 amide bonds. The van der Waals surface area contributed by atoms with Crippen LogP contribution < -0.4 is 0 Å². The Bertz CT molecular complexity index is 907. The smallest absolute Gasteiger partial charge is 0.306 e. The van der Waals surface area contributed by atoms with Gasteiger partial charge in [0.25, 0.3) is 0 Å². The zero-order valence-corrected chi connectivity index (χ0v) is 35.0. The number of esters is 3. The molecule has 0 aromatic heterocycles. The lowest BCUT2D eigenvalue weighted by Gasteiger charge is -2.18. The maximum atomic E-state index is 12.7. The third-order valence-electron chi connectivity index (χ3n) is 9.66. The highest BCUT2D eigenvalue weighted by atomic mass is 16.6. The lowest BCUT2D eigenvalue weighted by atomic mass is 10.1. The van der Waals surface area contributed by atoms with Crippen molar-refractivity contribution in [2.75, 3.05) is 13.2 Å². The van der Waals surface area contributed by atoms with Crippen LogP contribution in [0.5, 0.6) is 0 Å². The first-order valence-electron chi connectivity index (χ1n) is 22.5. The summed E-state index contributed by atoms with van der Waals surface area (Å²) in [5, 5.41) is 0. The van der Waals surface area contributed by atoms with Crippen molar-refractivity contribution in [3.8, 4) is 0 Å². The maximum absolute atomic E-state index is 12.7. The Kier molecular flexibility index (Phi) is 40.5. The molecule has 1 atom stereocenters. The predicted molar refractivity (Wildman–Crippen MR) is 224 cm³/mol. The molecule has 53 heavy (non-hydrogen) atoms. The monoisotopic (exact) mass is 745 g/mol. The Balaban J connectivity index is 4.29. The van der Waals surface area contributed by atoms with Crippen LogP contribution in [0.1, 0.15) is 226 Å². The molecule has 0 aromatic rings. The van der Waals surface area contributed by atoms with E-state index in [2.05, 4.69) is 57.2 Å². The number of hydrogen-bond acceptors (Lipinski definition) is 6. The fourth-order valence-corrected chi connectivity index (χ4v) is 6.28. The summed E-state index contributed by atoms with van der Waals surface area (Å²) in [6, 6.07) is 0. The van der Waals surface area contributed by atoms with E-state index in [-0.39, 0.29) is 31.1 Å². The van der Waals surface area contributed by atoms with Crippen molar-refractivity contribution < 1.29 is 28.6 Å². The molecule has 0 aromatic carbocycles. The van der Waals surface area contributed by atoms with E-state index >= 15 is 0 Å². The molecule has 308 valence electrons. The molecule has 0 bridgehead atoms. The number of ether oxygens (including phenoxy) is 3. The highest BCUT2D eigenvalue weighted by molar-refractivity contribution is 5.71. The van der Waals surface area contributed by atoms with Crippen LogP contribution in [0.4, 0.5) is 0 Å². The number of carbonyl (C=O) groups is 3. The van der Waals surface area contributed by atoms with E-state index in [4.69, 9.17) is 14.2 Å². The van der Waals surface area contributed by atoms with Crippen LogP contribution in [0.3, 0.4) is 0 Å². The molecule has 0 fully saturated rings. The average molecular weight is 745 g/mol. The van der Waals surface area contributed by atoms with Gasteiger partial charge in [0.2, 0.25) is 0 Å². The van der Waals surface area contributed by atoms with Gasteiger partial charge in [0.05, 0.1) is 0 Å². The summed E-state index contributed by atoms with van der Waals surface area (Å²) in [4.78, 5) is 37.6. The van der Waals surface area contributed by atoms with E-state index in [0.29, 0.717) is 19.3 Å². The van der Waals surface area contributed by atoms with Crippen molar-refractivity contribution >= 4 is 17.9 Å². The molecule has 0 rings (SSSR count). The van der Waals surface area contributed by atoms with Crippen molar-refractivity contribution in [2.45, 2.75) is 232 Å². The molecule has 1 unspecified atom stereocenters. The molecule has 6 nitrogen and oxygen atoms in total. The molecule has 0 spiro atoms. The zero-order chi connectivity index (χ0) is 38.7. The van der Waals surface area contributed by atoms with Gasteiger partial charge in [-0.25, -0.2) is 0 Å². The van der Waals surface area contributed by atoms with Gasteiger partial charge in [-0.3, -0.25) is 14.4 Å².